The summed E-state index contributed by atoms with van der Waals surface area (Å²) in [6.45, 7) is -0.103. The van der Waals surface area contributed by atoms with Crippen LogP contribution in [0.5, 0.6) is 0 Å². The molecule has 0 bridgehead atoms. The molecule has 2 rings (SSSR count). The highest BCUT2D eigenvalue weighted by atomic mass is 16.2. The Labute approximate surface area is 135 Å². The summed E-state index contributed by atoms with van der Waals surface area (Å²) < 4.78 is 0. The SMILES string of the molecule is CN(C)c1ccc(NC(=O)CNC(=O)Nc2ccccc2)cc1. The van der Waals surface area contributed by atoms with E-state index in [1.54, 1.807) is 12.1 Å². The third-order valence-electron chi connectivity index (χ3n) is 3.11. The van der Waals surface area contributed by atoms with Gasteiger partial charge in [0.15, 0.2) is 0 Å². The molecular formula is C17H20N4O2. The lowest BCUT2D eigenvalue weighted by atomic mass is 10.2. The van der Waals surface area contributed by atoms with Gasteiger partial charge in [-0.05, 0) is 36.4 Å². The smallest absolute Gasteiger partial charge is 0.319 e. The van der Waals surface area contributed by atoms with E-state index in [9.17, 15) is 9.59 Å². The summed E-state index contributed by atoms with van der Waals surface area (Å²) >= 11 is 0. The van der Waals surface area contributed by atoms with Crippen molar-refractivity contribution >= 4 is 29.0 Å². The molecule has 2 aromatic carbocycles. The molecule has 0 aromatic heterocycles. The molecule has 120 valence electrons. The van der Waals surface area contributed by atoms with E-state index < -0.39 is 6.03 Å². The largest absolute Gasteiger partial charge is 0.378 e. The number of carbonyl (C=O) groups is 2. The molecule has 0 atom stereocenters. The van der Waals surface area contributed by atoms with E-state index in [1.807, 2.05) is 61.5 Å². The van der Waals surface area contributed by atoms with Crippen molar-refractivity contribution in [3.63, 3.8) is 0 Å². The lowest BCUT2D eigenvalue weighted by Gasteiger charge is -2.13. The van der Waals surface area contributed by atoms with Gasteiger partial charge in [-0.15, -0.1) is 0 Å². The van der Waals surface area contributed by atoms with Crippen LogP contribution < -0.4 is 20.9 Å². The van der Waals surface area contributed by atoms with Crippen molar-refractivity contribution in [1.82, 2.24) is 5.32 Å². The molecule has 0 aliphatic rings. The number of rotatable bonds is 5. The molecule has 3 amide bonds. The van der Waals surface area contributed by atoms with Crippen LogP contribution in [-0.4, -0.2) is 32.6 Å². The maximum Gasteiger partial charge on any atom is 0.319 e. The van der Waals surface area contributed by atoms with Gasteiger partial charge in [0.05, 0.1) is 6.54 Å². The van der Waals surface area contributed by atoms with E-state index in [1.165, 1.54) is 0 Å². The van der Waals surface area contributed by atoms with Crippen molar-refractivity contribution in [3.05, 3.63) is 54.6 Å². The highest BCUT2D eigenvalue weighted by Crippen LogP contribution is 2.15. The Hall–Kier alpha value is -3.02. The summed E-state index contributed by atoms with van der Waals surface area (Å²) in [5.41, 5.74) is 2.40. The van der Waals surface area contributed by atoms with Gasteiger partial charge in [0.2, 0.25) is 5.91 Å². The molecule has 0 heterocycles. The summed E-state index contributed by atoms with van der Waals surface area (Å²) in [5.74, 6) is -0.286. The molecule has 0 aliphatic carbocycles. The van der Waals surface area contributed by atoms with E-state index in [2.05, 4.69) is 16.0 Å². The molecule has 23 heavy (non-hydrogen) atoms. The Morgan fingerprint density at radius 3 is 2.09 bits per heavy atom. The highest BCUT2D eigenvalue weighted by Gasteiger charge is 2.06. The monoisotopic (exact) mass is 312 g/mol. The van der Waals surface area contributed by atoms with E-state index >= 15 is 0 Å². The fourth-order valence-electron chi connectivity index (χ4n) is 1.91. The molecular weight excluding hydrogens is 292 g/mol. The van der Waals surface area contributed by atoms with Crippen LogP contribution in [0, 0.1) is 0 Å². The zero-order valence-electron chi connectivity index (χ0n) is 13.2. The number of amides is 3. The minimum Gasteiger partial charge on any atom is -0.378 e. The summed E-state index contributed by atoms with van der Waals surface area (Å²) in [4.78, 5) is 25.5. The number of hydrogen-bond donors (Lipinski definition) is 3. The molecule has 0 unspecified atom stereocenters. The molecule has 3 N–H and O–H groups in total. The van der Waals surface area contributed by atoms with Crippen LogP contribution in [-0.2, 0) is 4.79 Å². The minimum atomic E-state index is -0.422. The second kappa shape index (κ2) is 7.84. The summed E-state index contributed by atoms with van der Waals surface area (Å²) in [5, 5.41) is 7.88. The highest BCUT2D eigenvalue weighted by molar-refractivity contribution is 5.97. The van der Waals surface area contributed by atoms with Crippen molar-refractivity contribution in [2.45, 2.75) is 0 Å². The number of nitrogens with zero attached hydrogens (tertiary/aromatic N) is 1. The molecule has 0 saturated heterocycles. The maximum atomic E-state index is 11.8. The number of nitrogens with one attached hydrogen (secondary N) is 3. The number of urea groups is 1. The van der Waals surface area contributed by atoms with Gasteiger partial charge in [0.25, 0.3) is 0 Å². The molecule has 0 saturated carbocycles. The Bertz CT molecular complexity index is 654. The minimum absolute atomic E-state index is 0.103. The van der Waals surface area contributed by atoms with Crippen LogP contribution in [0.3, 0.4) is 0 Å². The molecule has 0 spiro atoms. The maximum absolute atomic E-state index is 11.8. The lowest BCUT2D eigenvalue weighted by molar-refractivity contribution is -0.115. The topological polar surface area (TPSA) is 73.5 Å². The van der Waals surface area contributed by atoms with Crippen molar-refractivity contribution < 1.29 is 9.59 Å². The second-order valence-corrected chi connectivity index (χ2v) is 5.16. The van der Waals surface area contributed by atoms with Crippen LogP contribution in [0.15, 0.2) is 54.6 Å². The van der Waals surface area contributed by atoms with Crippen molar-refractivity contribution in [1.29, 1.82) is 0 Å². The van der Waals surface area contributed by atoms with Crippen LogP contribution in [0.4, 0.5) is 21.9 Å². The first-order chi connectivity index (χ1) is 11.0. The third-order valence-corrected chi connectivity index (χ3v) is 3.11. The zero-order valence-corrected chi connectivity index (χ0v) is 13.2. The first-order valence-electron chi connectivity index (χ1n) is 7.22. The first kappa shape index (κ1) is 16.4. The number of para-hydroxylation sites is 1. The van der Waals surface area contributed by atoms with Gasteiger partial charge in [0, 0.05) is 31.2 Å². The van der Waals surface area contributed by atoms with E-state index in [-0.39, 0.29) is 12.5 Å². The summed E-state index contributed by atoms with van der Waals surface area (Å²) in [6.07, 6.45) is 0. The van der Waals surface area contributed by atoms with Crippen LogP contribution >= 0.6 is 0 Å². The van der Waals surface area contributed by atoms with E-state index in [0.29, 0.717) is 11.4 Å². The molecule has 0 aliphatic heterocycles. The summed E-state index contributed by atoms with van der Waals surface area (Å²) in [7, 11) is 3.89. The fourth-order valence-corrected chi connectivity index (χ4v) is 1.91. The molecule has 2 aromatic rings. The van der Waals surface area contributed by atoms with E-state index in [4.69, 9.17) is 0 Å². The van der Waals surface area contributed by atoms with Gasteiger partial charge < -0.3 is 20.9 Å². The average Bonchev–Trinajstić information content (AvgIpc) is 2.54. The van der Waals surface area contributed by atoms with Gasteiger partial charge in [-0.25, -0.2) is 4.79 Å². The Morgan fingerprint density at radius 2 is 1.48 bits per heavy atom. The Kier molecular flexibility index (Phi) is 5.57. The van der Waals surface area contributed by atoms with Crippen molar-refractivity contribution in [2.24, 2.45) is 0 Å². The van der Waals surface area contributed by atoms with Gasteiger partial charge >= 0.3 is 6.03 Å². The summed E-state index contributed by atoms with van der Waals surface area (Å²) in [6, 6.07) is 16.1. The number of carbonyl (C=O) groups excluding carboxylic acids is 2. The second-order valence-electron chi connectivity index (χ2n) is 5.16. The number of anilines is 3. The zero-order chi connectivity index (χ0) is 16.7. The Morgan fingerprint density at radius 1 is 0.870 bits per heavy atom. The Balaban J connectivity index is 1.77. The van der Waals surface area contributed by atoms with E-state index in [0.717, 1.165) is 5.69 Å². The normalized spacial score (nSPS) is 9.83. The fraction of sp³-hybridized carbons (Fsp3) is 0.176. The lowest BCUT2D eigenvalue weighted by Crippen LogP contribution is -2.35. The number of hydrogen-bond acceptors (Lipinski definition) is 3. The predicted molar refractivity (Wildman–Crippen MR) is 92.9 cm³/mol. The van der Waals surface area contributed by atoms with Gasteiger partial charge in [-0.2, -0.15) is 0 Å². The molecule has 6 nitrogen and oxygen atoms in total. The molecule has 0 fully saturated rings. The van der Waals surface area contributed by atoms with Crippen LogP contribution in [0.25, 0.3) is 0 Å². The third kappa shape index (κ3) is 5.35. The standard InChI is InChI=1S/C17H20N4O2/c1-21(2)15-10-8-14(9-11-15)19-16(22)12-18-17(23)20-13-6-4-3-5-7-13/h3-11H,12H2,1-2H3,(H,19,22)(H2,18,20,23). The molecule has 0 radical (unpaired) electrons. The van der Waals surface area contributed by atoms with Gasteiger partial charge in [-0.1, -0.05) is 18.2 Å². The van der Waals surface area contributed by atoms with Crippen LogP contribution in [0.2, 0.25) is 0 Å². The van der Waals surface area contributed by atoms with Crippen molar-refractivity contribution in [2.75, 3.05) is 36.2 Å². The molecule has 6 heteroatoms. The van der Waals surface area contributed by atoms with Crippen LogP contribution in [0.1, 0.15) is 0 Å². The number of benzene rings is 2. The quantitative estimate of drug-likeness (QED) is 0.794. The predicted octanol–water partition coefficient (Wildman–Crippen LogP) is 2.51. The first-order valence-corrected chi connectivity index (χ1v) is 7.22. The van der Waals surface area contributed by atoms with Gasteiger partial charge in [0.1, 0.15) is 0 Å². The van der Waals surface area contributed by atoms with Gasteiger partial charge in [-0.3, -0.25) is 4.79 Å². The van der Waals surface area contributed by atoms with Crippen molar-refractivity contribution in [3.8, 4) is 0 Å². The average molecular weight is 312 g/mol.